The van der Waals surface area contributed by atoms with Crippen molar-refractivity contribution in [3.05, 3.63) is 29.8 Å². The molecule has 1 aromatic carbocycles. The van der Waals surface area contributed by atoms with E-state index in [9.17, 15) is 18.0 Å². The molecule has 1 N–H and O–H groups in total. The zero-order valence-electron chi connectivity index (χ0n) is 13.6. The second-order valence-electron chi connectivity index (χ2n) is 4.94. The van der Waals surface area contributed by atoms with Crippen LogP contribution < -0.4 is 5.32 Å². The molecule has 1 atom stereocenters. The highest BCUT2D eigenvalue weighted by molar-refractivity contribution is 7.89. The van der Waals surface area contributed by atoms with Crippen molar-refractivity contribution < 1.29 is 22.7 Å². The number of carbonyl (C=O) groups is 2. The Morgan fingerprint density at radius 3 is 2.42 bits per heavy atom. The quantitative estimate of drug-likeness (QED) is 0.702. The highest BCUT2D eigenvalue weighted by Crippen LogP contribution is 2.14. The minimum atomic E-state index is -3.88. The molecule has 8 nitrogen and oxygen atoms in total. The minimum Gasteiger partial charge on any atom is -0.464 e. The van der Waals surface area contributed by atoms with Crippen LogP contribution in [0.3, 0.4) is 0 Å². The van der Waals surface area contributed by atoms with Gasteiger partial charge in [-0.1, -0.05) is 0 Å². The first-order chi connectivity index (χ1) is 11.2. The van der Waals surface area contributed by atoms with Gasteiger partial charge in [0.15, 0.2) is 0 Å². The molecule has 24 heavy (non-hydrogen) atoms. The summed E-state index contributed by atoms with van der Waals surface area (Å²) in [6, 6.07) is 6.37. The van der Waals surface area contributed by atoms with Gasteiger partial charge in [-0.3, -0.25) is 4.79 Å². The smallest absolute Gasteiger partial charge is 0.328 e. The van der Waals surface area contributed by atoms with E-state index in [1.165, 1.54) is 38.2 Å². The lowest BCUT2D eigenvalue weighted by molar-refractivity contribution is -0.146. The van der Waals surface area contributed by atoms with Gasteiger partial charge in [0.25, 0.3) is 0 Å². The molecule has 1 rings (SSSR count). The number of carbonyl (C=O) groups excluding carboxylic acids is 2. The topological polar surface area (TPSA) is 117 Å². The largest absolute Gasteiger partial charge is 0.464 e. The predicted octanol–water partition coefficient (Wildman–Crippen LogP) is 0.247. The van der Waals surface area contributed by atoms with Crippen LogP contribution in [-0.2, 0) is 24.3 Å². The Hall–Kier alpha value is -2.44. The van der Waals surface area contributed by atoms with E-state index in [0.29, 0.717) is 5.56 Å². The molecular weight excluding hydrogens is 334 g/mol. The lowest BCUT2D eigenvalue weighted by atomic mass is 10.2. The van der Waals surface area contributed by atoms with E-state index in [2.05, 4.69) is 5.32 Å². The average molecular weight is 353 g/mol. The fourth-order valence-electron chi connectivity index (χ4n) is 1.78. The molecule has 0 saturated heterocycles. The molecule has 0 aromatic heterocycles. The summed E-state index contributed by atoms with van der Waals surface area (Å²) in [5.41, 5.74) is 0.331. The number of ether oxygens (including phenoxy) is 1. The maximum atomic E-state index is 12.4. The molecule has 0 aliphatic heterocycles. The normalized spacial score (nSPS) is 12.3. The maximum absolute atomic E-state index is 12.4. The second kappa shape index (κ2) is 8.42. The lowest BCUT2D eigenvalue weighted by Gasteiger charge is -2.18. The SMILES string of the molecule is CCOC(=O)C(C)NC(=O)CN(C)S(=O)(=O)c1ccc(C#N)cc1. The summed E-state index contributed by atoms with van der Waals surface area (Å²) >= 11 is 0. The Labute approximate surface area is 141 Å². The van der Waals surface area contributed by atoms with Crippen LogP contribution in [0.15, 0.2) is 29.2 Å². The first-order valence-electron chi connectivity index (χ1n) is 7.14. The number of amides is 1. The van der Waals surface area contributed by atoms with Gasteiger partial charge in [-0.2, -0.15) is 9.57 Å². The number of hydrogen-bond donors (Lipinski definition) is 1. The Bertz CT molecular complexity index is 737. The number of likely N-dealkylation sites (N-methyl/N-ethyl adjacent to an activating group) is 1. The molecule has 1 unspecified atom stereocenters. The van der Waals surface area contributed by atoms with E-state index in [-0.39, 0.29) is 11.5 Å². The summed E-state index contributed by atoms with van der Waals surface area (Å²) in [5.74, 6) is -1.22. The molecule has 0 aliphatic rings. The van der Waals surface area contributed by atoms with Gasteiger partial charge in [-0.05, 0) is 38.1 Å². The van der Waals surface area contributed by atoms with Crippen LogP contribution >= 0.6 is 0 Å². The molecule has 0 saturated carbocycles. The minimum absolute atomic E-state index is 0.0322. The highest BCUT2D eigenvalue weighted by Gasteiger charge is 2.24. The Morgan fingerprint density at radius 2 is 1.92 bits per heavy atom. The summed E-state index contributed by atoms with van der Waals surface area (Å²) in [7, 11) is -2.63. The van der Waals surface area contributed by atoms with Crippen molar-refractivity contribution in [3.8, 4) is 6.07 Å². The van der Waals surface area contributed by atoms with Crippen molar-refractivity contribution in [1.82, 2.24) is 9.62 Å². The van der Waals surface area contributed by atoms with Crippen LogP contribution in [0.5, 0.6) is 0 Å². The van der Waals surface area contributed by atoms with Crippen LogP contribution in [0.2, 0.25) is 0 Å². The number of hydrogen-bond acceptors (Lipinski definition) is 6. The third kappa shape index (κ3) is 5.04. The standard InChI is InChI=1S/C15H19N3O5S/c1-4-23-15(20)11(2)17-14(19)10-18(3)24(21,22)13-7-5-12(9-16)6-8-13/h5-8,11H,4,10H2,1-3H3,(H,17,19). The summed E-state index contributed by atoms with van der Waals surface area (Å²) in [5, 5.41) is 11.1. The third-order valence-electron chi connectivity index (χ3n) is 3.08. The Balaban J connectivity index is 2.74. The molecule has 0 bridgehead atoms. The predicted molar refractivity (Wildman–Crippen MR) is 85.2 cm³/mol. The monoisotopic (exact) mass is 353 g/mol. The fraction of sp³-hybridized carbons (Fsp3) is 0.400. The summed E-state index contributed by atoms with van der Waals surface area (Å²) in [6.45, 7) is 2.83. The van der Waals surface area contributed by atoms with E-state index in [4.69, 9.17) is 10.00 Å². The van der Waals surface area contributed by atoms with E-state index in [0.717, 1.165) is 4.31 Å². The number of nitrogens with zero attached hydrogens (tertiary/aromatic N) is 2. The highest BCUT2D eigenvalue weighted by atomic mass is 32.2. The first-order valence-corrected chi connectivity index (χ1v) is 8.58. The van der Waals surface area contributed by atoms with Gasteiger partial charge in [0.05, 0.1) is 29.7 Å². The Kier molecular flexibility index (Phi) is 6.88. The van der Waals surface area contributed by atoms with Crippen LogP contribution in [0.25, 0.3) is 0 Å². The Morgan fingerprint density at radius 1 is 1.33 bits per heavy atom. The van der Waals surface area contributed by atoms with Gasteiger partial charge in [-0.25, -0.2) is 13.2 Å². The number of nitriles is 1. The van der Waals surface area contributed by atoms with Gasteiger partial charge >= 0.3 is 5.97 Å². The number of esters is 1. The third-order valence-corrected chi connectivity index (χ3v) is 4.89. The van der Waals surface area contributed by atoms with Gasteiger partial charge in [0, 0.05) is 7.05 Å². The molecule has 0 heterocycles. The second-order valence-corrected chi connectivity index (χ2v) is 6.98. The van der Waals surface area contributed by atoms with E-state index in [1.54, 1.807) is 6.92 Å². The summed E-state index contributed by atoms with van der Waals surface area (Å²) in [6.07, 6.45) is 0. The summed E-state index contributed by atoms with van der Waals surface area (Å²) < 4.78 is 30.3. The molecule has 0 aliphatic carbocycles. The van der Waals surface area contributed by atoms with E-state index < -0.39 is 34.5 Å². The van der Waals surface area contributed by atoms with Crippen molar-refractivity contribution in [2.24, 2.45) is 0 Å². The van der Waals surface area contributed by atoms with E-state index in [1.807, 2.05) is 6.07 Å². The zero-order chi connectivity index (χ0) is 18.3. The van der Waals surface area contributed by atoms with Gasteiger partial charge < -0.3 is 10.1 Å². The van der Waals surface area contributed by atoms with Gasteiger partial charge in [-0.15, -0.1) is 0 Å². The van der Waals surface area contributed by atoms with Gasteiger partial charge in [0.2, 0.25) is 15.9 Å². The first kappa shape index (κ1) is 19.6. The fourth-order valence-corrected chi connectivity index (χ4v) is 2.91. The van der Waals surface area contributed by atoms with Crippen molar-refractivity contribution in [2.45, 2.75) is 24.8 Å². The van der Waals surface area contributed by atoms with Crippen LogP contribution in [0, 0.1) is 11.3 Å². The van der Waals surface area contributed by atoms with Crippen molar-refractivity contribution >= 4 is 21.9 Å². The van der Waals surface area contributed by atoms with Crippen molar-refractivity contribution in [2.75, 3.05) is 20.2 Å². The summed E-state index contributed by atoms with van der Waals surface area (Å²) in [4.78, 5) is 23.3. The van der Waals surface area contributed by atoms with E-state index >= 15 is 0 Å². The molecule has 0 radical (unpaired) electrons. The van der Waals surface area contributed by atoms with Crippen LogP contribution in [0.4, 0.5) is 0 Å². The lowest BCUT2D eigenvalue weighted by Crippen LogP contribution is -2.45. The van der Waals surface area contributed by atoms with Crippen LogP contribution in [0.1, 0.15) is 19.4 Å². The molecule has 130 valence electrons. The van der Waals surface area contributed by atoms with Crippen LogP contribution in [-0.4, -0.2) is 50.8 Å². The molecule has 1 aromatic rings. The van der Waals surface area contributed by atoms with Crippen molar-refractivity contribution in [1.29, 1.82) is 5.26 Å². The molecule has 9 heteroatoms. The molecular formula is C15H19N3O5S. The molecule has 0 spiro atoms. The zero-order valence-corrected chi connectivity index (χ0v) is 14.5. The average Bonchev–Trinajstić information content (AvgIpc) is 2.54. The number of nitrogens with one attached hydrogen (secondary N) is 1. The van der Waals surface area contributed by atoms with Crippen molar-refractivity contribution in [3.63, 3.8) is 0 Å². The maximum Gasteiger partial charge on any atom is 0.328 e. The van der Waals surface area contributed by atoms with Gasteiger partial charge in [0.1, 0.15) is 6.04 Å². The number of sulfonamides is 1. The molecule has 0 fully saturated rings. The molecule has 1 amide bonds. The number of benzene rings is 1. The number of rotatable bonds is 7.